The van der Waals surface area contributed by atoms with Crippen molar-refractivity contribution < 1.29 is 14.3 Å². The first kappa shape index (κ1) is 10.0. The van der Waals surface area contributed by atoms with Gasteiger partial charge in [-0.15, -0.1) is 0 Å². The predicted octanol–water partition coefficient (Wildman–Crippen LogP) is 1.46. The van der Waals surface area contributed by atoms with Gasteiger partial charge in [-0.3, -0.25) is 4.79 Å². The van der Waals surface area contributed by atoms with Crippen molar-refractivity contribution in [3.05, 3.63) is 24.3 Å². The lowest BCUT2D eigenvalue weighted by Gasteiger charge is -1.78. The quantitative estimate of drug-likeness (QED) is 0.686. The number of nitrogens with zero attached hydrogens (tertiary/aromatic N) is 1. The summed E-state index contributed by atoms with van der Waals surface area (Å²) in [7, 11) is 0. The molecule has 1 amide bonds. The fraction of sp³-hybridized carbons (Fsp3) is 0.111. The second-order valence-electron chi connectivity index (χ2n) is 2.56. The summed E-state index contributed by atoms with van der Waals surface area (Å²) < 4.78 is 4.70. The Morgan fingerprint density at radius 3 is 2.57 bits per heavy atom. The molecule has 0 unspecified atom stereocenters. The first-order valence-electron chi connectivity index (χ1n) is 3.88. The van der Waals surface area contributed by atoms with Crippen LogP contribution < -0.4 is 5.73 Å². The van der Waals surface area contributed by atoms with E-state index in [-0.39, 0.29) is 5.91 Å². The van der Waals surface area contributed by atoms with Gasteiger partial charge in [0.25, 0.3) is 0 Å². The predicted molar refractivity (Wildman–Crippen MR) is 49.0 cm³/mol. The minimum atomic E-state index is -0.527. The fourth-order valence-corrected chi connectivity index (χ4v) is 0.851. The van der Waals surface area contributed by atoms with Crippen molar-refractivity contribution in [2.24, 2.45) is 5.73 Å². The van der Waals surface area contributed by atoms with Gasteiger partial charge in [0, 0.05) is 6.92 Å². The van der Waals surface area contributed by atoms with Crippen LogP contribution in [0.25, 0.3) is 11.1 Å². The van der Waals surface area contributed by atoms with Gasteiger partial charge in [0.2, 0.25) is 5.91 Å². The normalized spacial score (nSPS) is 9.21. The number of carbonyl (C=O) groups excluding carboxylic acids is 1. The summed E-state index contributed by atoms with van der Waals surface area (Å²) in [6, 6.07) is 7.06. The van der Waals surface area contributed by atoms with E-state index in [0.29, 0.717) is 11.1 Å². The highest BCUT2D eigenvalue weighted by molar-refractivity contribution is 5.72. The zero-order chi connectivity index (χ0) is 10.6. The molecule has 5 heteroatoms. The van der Waals surface area contributed by atoms with E-state index in [1.807, 2.05) is 6.07 Å². The number of para-hydroxylation sites is 2. The maximum atomic E-state index is 10.5. The van der Waals surface area contributed by atoms with Crippen molar-refractivity contribution in [3.63, 3.8) is 0 Å². The lowest BCUT2D eigenvalue weighted by molar-refractivity contribution is -0.115. The zero-order valence-corrected chi connectivity index (χ0v) is 7.56. The second kappa shape index (κ2) is 4.27. The summed E-state index contributed by atoms with van der Waals surface area (Å²) in [6.45, 7) is 1.31. The van der Waals surface area contributed by atoms with E-state index >= 15 is 0 Å². The highest BCUT2D eigenvalue weighted by Gasteiger charge is 2.01. The van der Waals surface area contributed by atoms with Crippen molar-refractivity contribution in [2.45, 2.75) is 6.92 Å². The number of fused-ring (bicyclic) bond motifs is 1. The van der Waals surface area contributed by atoms with Crippen LogP contribution in [0.5, 0.6) is 6.08 Å². The first-order chi connectivity index (χ1) is 6.59. The molecule has 0 spiro atoms. The first-order valence-corrected chi connectivity index (χ1v) is 3.88. The summed E-state index contributed by atoms with van der Waals surface area (Å²) >= 11 is 0. The van der Waals surface area contributed by atoms with Crippen LogP contribution in [-0.4, -0.2) is 10.9 Å². The molecule has 0 saturated heterocycles. The molecule has 0 aliphatic rings. The molecule has 0 aliphatic carbocycles. The van der Waals surface area contributed by atoms with Gasteiger partial charge in [0.15, 0.2) is 5.58 Å². The molecule has 1 aromatic heterocycles. The van der Waals surface area contributed by atoms with Crippen LogP contribution >= 0.6 is 0 Å². The molecule has 0 saturated carbocycles. The van der Waals surface area contributed by atoms with E-state index in [0.717, 1.165) is 0 Å². The Morgan fingerprint density at radius 2 is 2.00 bits per heavy atom. The van der Waals surface area contributed by atoms with E-state index in [1.165, 1.54) is 6.92 Å². The number of hydrogen-bond donors (Lipinski definition) is 1. The highest BCUT2D eigenvalue weighted by Crippen LogP contribution is 2.18. The average Bonchev–Trinajstić information content (AvgIpc) is 2.42. The van der Waals surface area contributed by atoms with Gasteiger partial charge >= 0.3 is 6.08 Å². The van der Waals surface area contributed by atoms with Crippen molar-refractivity contribution in [2.75, 3.05) is 0 Å². The van der Waals surface area contributed by atoms with Crippen molar-refractivity contribution in [1.82, 2.24) is 4.98 Å². The van der Waals surface area contributed by atoms with Gasteiger partial charge in [-0.1, -0.05) is 12.1 Å². The summed E-state index contributed by atoms with van der Waals surface area (Å²) in [6.07, 6.45) is -0.527. The number of benzene rings is 1. The molecule has 73 valence electrons. The number of hydrogen-bond acceptors (Lipinski definition) is 3. The Hall–Kier alpha value is -2.04. The van der Waals surface area contributed by atoms with Crippen molar-refractivity contribution in [1.29, 1.82) is 0 Å². The van der Waals surface area contributed by atoms with Crippen molar-refractivity contribution >= 4 is 17.0 Å². The van der Waals surface area contributed by atoms with Gasteiger partial charge in [0.1, 0.15) is 5.52 Å². The van der Waals surface area contributed by atoms with Crippen LogP contribution in [0.15, 0.2) is 28.7 Å². The Morgan fingerprint density at radius 1 is 1.43 bits per heavy atom. The minimum Gasteiger partial charge on any atom is -0.406 e. The van der Waals surface area contributed by atoms with E-state index in [1.54, 1.807) is 18.2 Å². The topological polar surface area (TPSA) is 89.0 Å². The van der Waals surface area contributed by atoms with Gasteiger partial charge in [0.05, 0.1) is 0 Å². The third-order valence-corrected chi connectivity index (χ3v) is 1.27. The molecule has 2 N–H and O–H groups in total. The molecule has 5 nitrogen and oxygen atoms in total. The van der Waals surface area contributed by atoms with Gasteiger partial charge in [-0.2, -0.15) is 4.98 Å². The standard InChI is InChI=1S/C7H4NO2.C2H5NO/c9-7-8-5-3-1-2-4-6(5)10-7;1-2(3)4/h1-4H;1H3,(H2,3,4). The third kappa shape index (κ3) is 2.78. The fourth-order valence-electron chi connectivity index (χ4n) is 0.851. The molecule has 14 heavy (non-hydrogen) atoms. The average molecular weight is 193 g/mol. The number of carbonyl (C=O) groups is 1. The Labute approximate surface area is 80.2 Å². The summed E-state index contributed by atoms with van der Waals surface area (Å²) in [5.74, 6) is -0.333. The summed E-state index contributed by atoms with van der Waals surface area (Å²) in [4.78, 5) is 12.8. The van der Waals surface area contributed by atoms with Gasteiger partial charge in [-0.05, 0) is 12.1 Å². The van der Waals surface area contributed by atoms with E-state index in [2.05, 4.69) is 10.7 Å². The van der Waals surface area contributed by atoms with Crippen molar-refractivity contribution in [3.8, 4) is 6.08 Å². The molecule has 0 fully saturated rings. The van der Waals surface area contributed by atoms with E-state index in [4.69, 9.17) is 4.42 Å². The van der Waals surface area contributed by atoms with Crippen LogP contribution in [0.4, 0.5) is 0 Å². The lowest BCUT2D eigenvalue weighted by Crippen LogP contribution is -2.01. The zero-order valence-electron chi connectivity index (χ0n) is 7.56. The second-order valence-corrected chi connectivity index (χ2v) is 2.56. The molecule has 1 radical (unpaired) electrons. The Bertz CT molecular complexity index is 399. The van der Waals surface area contributed by atoms with Crippen LogP contribution in [-0.2, 0) is 9.90 Å². The molecule has 1 heterocycles. The van der Waals surface area contributed by atoms with E-state index < -0.39 is 6.08 Å². The van der Waals surface area contributed by atoms with Crippen LogP contribution in [0, 0.1) is 0 Å². The number of nitrogens with two attached hydrogens (primary N) is 1. The molecule has 2 aromatic rings. The third-order valence-electron chi connectivity index (χ3n) is 1.27. The maximum absolute atomic E-state index is 10.5. The van der Waals surface area contributed by atoms with Crippen LogP contribution in [0.1, 0.15) is 6.92 Å². The largest absolute Gasteiger partial charge is 0.439 e. The molecule has 0 atom stereocenters. The number of amides is 1. The summed E-state index contributed by atoms with van der Waals surface area (Å²) in [5.41, 5.74) is 5.64. The lowest BCUT2D eigenvalue weighted by atomic mass is 10.3. The monoisotopic (exact) mass is 193 g/mol. The summed E-state index contributed by atoms with van der Waals surface area (Å²) in [5, 5.41) is 10.5. The molecular formula is C9H9N2O3. The smallest absolute Gasteiger partial charge is 0.406 e. The number of oxazole rings is 1. The number of aromatic nitrogens is 1. The van der Waals surface area contributed by atoms with E-state index in [9.17, 15) is 9.90 Å². The highest BCUT2D eigenvalue weighted by atomic mass is 16.5. The van der Waals surface area contributed by atoms with Crippen LogP contribution in [0.2, 0.25) is 0 Å². The maximum Gasteiger partial charge on any atom is 0.439 e. The molecule has 0 bridgehead atoms. The molecule has 2 rings (SSSR count). The Balaban J connectivity index is 0.000000213. The number of primary amides is 1. The molecular weight excluding hydrogens is 184 g/mol. The number of rotatable bonds is 0. The molecule has 1 aromatic carbocycles. The van der Waals surface area contributed by atoms with Crippen LogP contribution in [0.3, 0.4) is 0 Å². The SMILES string of the molecule is CC(N)=O.[O]c1nc2ccccc2o1. The van der Waals surface area contributed by atoms with Gasteiger partial charge in [-0.25, -0.2) is 5.11 Å². The van der Waals surface area contributed by atoms with Gasteiger partial charge < -0.3 is 10.2 Å². The Kier molecular flexibility index (Phi) is 3.06. The minimum absolute atomic E-state index is 0.333. The molecule has 0 aliphatic heterocycles.